The van der Waals surface area contributed by atoms with Crippen molar-refractivity contribution in [3.8, 4) is 0 Å². The van der Waals surface area contributed by atoms with E-state index in [1.54, 1.807) is 0 Å². The first kappa shape index (κ1) is 50.4. The summed E-state index contributed by atoms with van der Waals surface area (Å²) in [5.74, 6) is 1.43. The number of carbonyl (C=O) groups is 5. The number of amides is 5. The molecular weight excluding hydrogens is 667 g/mol. The maximum Gasteiger partial charge on any atom is 0.243 e. The van der Waals surface area contributed by atoms with Gasteiger partial charge in [-0.25, -0.2) is 0 Å². The molecule has 0 heterocycles. The Morgan fingerprint density at radius 3 is 1.19 bits per heavy atom. The Hall–Kier alpha value is -2.65. The molecule has 0 rings (SSSR count). The molecule has 0 spiro atoms. The van der Waals surface area contributed by atoms with Crippen molar-refractivity contribution in [2.75, 3.05) is 13.1 Å². The van der Waals surface area contributed by atoms with E-state index in [0.717, 1.165) is 89.4 Å². The standard InChI is InChI=1S/C43H83N5O5/c1-33(2)23-13-9-10-15-28-39(49)45-32-22-20-27-37(47-41(51)30-19-17-25-35(5)6)43(53)48-38(42(52)46-36(7)8)26-14-11-12-21-31-44-40(50)29-18-16-24-34(3)4/h33-38H,9-32H2,1-8H3,(H,44,50)(H,45,49)(H,46,52)(H,47,51)(H,48,53). The van der Waals surface area contributed by atoms with Crippen LogP contribution in [0.15, 0.2) is 0 Å². The van der Waals surface area contributed by atoms with Crippen molar-refractivity contribution in [3.05, 3.63) is 0 Å². The van der Waals surface area contributed by atoms with Gasteiger partial charge in [0, 0.05) is 38.4 Å². The molecule has 0 saturated carbocycles. The molecule has 0 aromatic carbocycles. The molecule has 0 bridgehead atoms. The summed E-state index contributed by atoms with van der Waals surface area (Å²) in [4.78, 5) is 64.2. The van der Waals surface area contributed by atoms with Gasteiger partial charge in [-0.05, 0) is 83.0 Å². The molecule has 0 aliphatic carbocycles. The van der Waals surface area contributed by atoms with Gasteiger partial charge in [-0.2, -0.15) is 0 Å². The lowest BCUT2D eigenvalue weighted by atomic mass is 10.0. The number of hydrogen-bond donors (Lipinski definition) is 5. The third-order valence-electron chi connectivity index (χ3n) is 9.51. The highest BCUT2D eigenvalue weighted by Crippen LogP contribution is 2.13. The minimum Gasteiger partial charge on any atom is -0.356 e. The van der Waals surface area contributed by atoms with Crippen LogP contribution < -0.4 is 26.6 Å². The van der Waals surface area contributed by atoms with E-state index in [1.807, 2.05) is 13.8 Å². The molecule has 0 aromatic heterocycles. The summed E-state index contributed by atoms with van der Waals surface area (Å²) < 4.78 is 0. The van der Waals surface area contributed by atoms with Crippen LogP contribution >= 0.6 is 0 Å². The highest BCUT2D eigenvalue weighted by Gasteiger charge is 2.26. The number of rotatable bonds is 34. The summed E-state index contributed by atoms with van der Waals surface area (Å²) in [5, 5.41) is 14.9. The second-order valence-corrected chi connectivity index (χ2v) is 16.9. The summed E-state index contributed by atoms with van der Waals surface area (Å²) >= 11 is 0. The van der Waals surface area contributed by atoms with Crippen LogP contribution in [0, 0.1) is 17.8 Å². The molecule has 0 radical (unpaired) electrons. The van der Waals surface area contributed by atoms with Crippen molar-refractivity contribution in [2.45, 2.75) is 215 Å². The Bertz CT molecular complexity index is 984. The van der Waals surface area contributed by atoms with Crippen molar-refractivity contribution in [2.24, 2.45) is 17.8 Å². The summed E-state index contributed by atoms with van der Waals surface area (Å²) in [6.45, 7) is 18.2. The average Bonchev–Trinajstić information content (AvgIpc) is 3.07. The minimum absolute atomic E-state index is 0.0640. The van der Waals surface area contributed by atoms with Gasteiger partial charge < -0.3 is 26.6 Å². The molecule has 2 atom stereocenters. The summed E-state index contributed by atoms with van der Waals surface area (Å²) in [6.07, 6.45) is 18.7. The first-order valence-corrected chi connectivity index (χ1v) is 21.6. The zero-order valence-electron chi connectivity index (χ0n) is 35.5. The van der Waals surface area contributed by atoms with E-state index in [0.29, 0.717) is 69.9 Å². The van der Waals surface area contributed by atoms with E-state index < -0.39 is 12.1 Å². The van der Waals surface area contributed by atoms with Crippen LogP contribution in [-0.4, -0.2) is 60.8 Å². The minimum atomic E-state index is -0.752. The first-order chi connectivity index (χ1) is 25.2. The van der Waals surface area contributed by atoms with Gasteiger partial charge in [0.1, 0.15) is 12.1 Å². The third kappa shape index (κ3) is 32.5. The van der Waals surface area contributed by atoms with Crippen LogP contribution in [0.3, 0.4) is 0 Å². The SMILES string of the molecule is CC(C)CCCCCCC(=O)NCCCCC(NC(=O)CCCCC(C)C)C(=O)NC(CCCCCCNC(=O)CCCCC(C)C)C(=O)NC(C)C. The van der Waals surface area contributed by atoms with Crippen LogP contribution in [0.1, 0.15) is 197 Å². The zero-order valence-corrected chi connectivity index (χ0v) is 35.5. The number of unbranched alkanes of at least 4 members (excludes halogenated alkanes) is 9. The van der Waals surface area contributed by atoms with Crippen LogP contribution in [0.2, 0.25) is 0 Å². The quantitative estimate of drug-likeness (QED) is 0.0421. The van der Waals surface area contributed by atoms with Gasteiger partial charge in [0.15, 0.2) is 0 Å². The lowest BCUT2D eigenvalue weighted by molar-refractivity contribution is -0.132. The third-order valence-corrected chi connectivity index (χ3v) is 9.51. The van der Waals surface area contributed by atoms with E-state index in [2.05, 4.69) is 68.1 Å². The van der Waals surface area contributed by atoms with Gasteiger partial charge in [-0.3, -0.25) is 24.0 Å². The normalized spacial score (nSPS) is 12.6. The number of carbonyl (C=O) groups excluding carboxylic acids is 5. The number of nitrogens with one attached hydrogen (secondary N) is 5. The molecule has 0 aliphatic rings. The predicted molar refractivity (Wildman–Crippen MR) is 219 cm³/mol. The van der Waals surface area contributed by atoms with Gasteiger partial charge in [-0.1, -0.05) is 112 Å². The van der Waals surface area contributed by atoms with Crippen LogP contribution in [0.5, 0.6) is 0 Å². The molecule has 5 N–H and O–H groups in total. The Balaban J connectivity index is 4.99. The highest BCUT2D eigenvalue weighted by atomic mass is 16.2. The molecule has 53 heavy (non-hydrogen) atoms. The fourth-order valence-corrected chi connectivity index (χ4v) is 6.26. The average molecular weight is 750 g/mol. The van der Waals surface area contributed by atoms with E-state index in [1.165, 1.54) is 12.8 Å². The largest absolute Gasteiger partial charge is 0.356 e. The van der Waals surface area contributed by atoms with Crippen LogP contribution in [-0.2, 0) is 24.0 Å². The molecule has 2 unspecified atom stereocenters. The van der Waals surface area contributed by atoms with Gasteiger partial charge in [0.05, 0.1) is 0 Å². The van der Waals surface area contributed by atoms with E-state index in [4.69, 9.17) is 0 Å². The Labute approximate surface area is 325 Å². The van der Waals surface area contributed by atoms with E-state index in [9.17, 15) is 24.0 Å². The molecule has 10 heteroatoms. The van der Waals surface area contributed by atoms with Crippen molar-refractivity contribution >= 4 is 29.5 Å². The van der Waals surface area contributed by atoms with Crippen molar-refractivity contribution in [1.82, 2.24) is 26.6 Å². The molecule has 310 valence electrons. The molecule has 0 aromatic rings. The maximum atomic E-state index is 13.7. The first-order valence-electron chi connectivity index (χ1n) is 21.6. The summed E-state index contributed by atoms with van der Waals surface area (Å²) in [6, 6.07) is -1.53. The van der Waals surface area contributed by atoms with Gasteiger partial charge in [0.2, 0.25) is 29.5 Å². The smallest absolute Gasteiger partial charge is 0.243 e. The van der Waals surface area contributed by atoms with E-state index in [-0.39, 0.29) is 35.6 Å². The molecule has 0 fully saturated rings. The fraction of sp³-hybridized carbons (Fsp3) is 0.884. The molecular formula is C43H83N5O5. The van der Waals surface area contributed by atoms with Crippen molar-refractivity contribution < 1.29 is 24.0 Å². The Kier molecular flexibility index (Phi) is 31.1. The lowest BCUT2D eigenvalue weighted by Gasteiger charge is -2.24. The number of hydrogen-bond acceptors (Lipinski definition) is 5. The van der Waals surface area contributed by atoms with Gasteiger partial charge in [0.25, 0.3) is 0 Å². The monoisotopic (exact) mass is 750 g/mol. The lowest BCUT2D eigenvalue weighted by Crippen LogP contribution is -2.54. The fourth-order valence-electron chi connectivity index (χ4n) is 6.26. The molecule has 5 amide bonds. The zero-order chi connectivity index (χ0) is 39.9. The van der Waals surface area contributed by atoms with Gasteiger partial charge in [-0.15, -0.1) is 0 Å². The molecule has 0 aliphatic heterocycles. The second kappa shape index (κ2) is 32.8. The Morgan fingerprint density at radius 1 is 0.358 bits per heavy atom. The highest BCUT2D eigenvalue weighted by molar-refractivity contribution is 5.92. The Morgan fingerprint density at radius 2 is 0.698 bits per heavy atom. The predicted octanol–water partition coefficient (Wildman–Crippen LogP) is 8.26. The molecule has 10 nitrogen and oxygen atoms in total. The van der Waals surface area contributed by atoms with Crippen molar-refractivity contribution in [1.29, 1.82) is 0 Å². The molecule has 0 saturated heterocycles. The van der Waals surface area contributed by atoms with E-state index >= 15 is 0 Å². The topological polar surface area (TPSA) is 146 Å². The maximum absolute atomic E-state index is 13.7. The second-order valence-electron chi connectivity index (χ2n) is 16.9. The van der Waals surface area contributed by atoms with Crippen molar-refractivity contribution in [3.63, 3.8) is 0 Å². The summed E-state index contributed by atoms with van der Waals surface area (Å²) in [5.41, 5.74) is 0. The van der Waals surface area contributed by atoms with Crippen LogP contribution in [0.25, 0.3) is 0 Å². The van der Waals surface area contributed by atoms with Gasteiger partial charge >= 0.3 is 0 Å². The summed E-state index contributed by atoms with van der Waals surface area (Å²) in [7, 11) is 0. The van der Waals surface area contributed by atoms with Crippen LogP contribution in [0.4, 0.5) is 0 Å².